The maximum atomic E-state index is 13.0. The molecule has 1 atom stereocenters. The van der Waals surface area contributed by atoms with Crippen LogP contribution in [0.1, 0.15) is 25.3 Å². The summed E-state index contributed by atoms with van der Waals surface area (Å²) in [5.74, 6) is -0.105. The zero-order chi connectivity index (χ0) is 20.9. The fourth-order valence-electron chi connectivity index (χ4n) is 3.27. The van der Waals surface area contributed by atoms with Crippen LogP contribution in [0.4, 0.5) is 0 Å². The molecule has 1 aliphatic heterocycles. The van der Waals surface area contributed by atoms with Crippen LogP contribution in [0.15, 0.2) is 47.6 Å². The van der Waals surface area contributed by atoms with Crippen molar-refractivity contribution >= 4 is 27.5 Å². The second-order valence-electron chi connectivity index (χ2n) is 6.81. The smallest absolute Gasteiger partial charge is 0.243 e. The van der Waals surface area contributed by atoms with Gasteiger partial charge in [-0.3, -0.25) is 9.78 Å². The lowest BCUT2D eigenvalue weighted by molar-refractivity contribution is -0.126. The molecule has 0 radical (unpaired) electrons. The number of pyridine rings is 1. The van der Waals surface area contributed by atoms with Gasteiger partial charge in [0.25, 0.3) is 0 Å². The van der Waals surface area contributed by atoms with Gasteiger partial charge in [-0.25, -0.2) is 8.42 Å². The highest BCUT2D eigenvalue weighted by Crippen LogP contribution is 2.30. The molecular weight excluding hydrogens is 414 g/mol. The van der Waals surface area contributed by atoms with Crippen LogP contribution in [-0.2, 0) is 21.4 Å². The molecule has 2 aromatic rings. The van der Waals surface area contributed by atoms with Crippen LogP contribution >= 0.6 is 11.6 Å². The Hall–Kier alpha value is -2.16. The Morgan fingerprint density at radius 3 is 2.90 bits per heavy atom. The lowest BCUT2D eigenvalue weighted by Crippen LogP contribution is -2.45. The van der Waals surface area contributed by atoms with Crippen molar-refractivity contribution in [3.05, 3.63) is 53.3 Å². The summed E-state index contributed by atoms with van der Waals surface area (Å²) < 4.78 is 32.8. The van der Waals surface area contributed by atoms with E-state index in [1.54, 1.807) is 24.5 Å². The predicted octanol–water partition coefficient (Wildman–Crippen LogP) is 2.85. The summed E-state index contributed by atoms with van der Waals surface area (Å²) in [4.78, 5) is 16.7. The summed E-state index contributed by atoms with van der Waals surface area (Å²) in [6, 6.07) is 8.12. The number of carbonyl (C=O) groups is 1. The van der Waals surface area contributed by atoms with Gasteiger partial charge < -0.3 is 10.1 Å². The van der Waals surface area contributed by atoms with Gasteiger partial charge in [0.2, 0.25) is 15.9 Å². The number of amides is 1. The Labute approximate surface area is 176 Å². The van der Waals surface area contributed by atoms with E-state index in [-0.39, 0.29) is 22.4 Å². The molecule has 156 valence electrons. The van der Waals surface area contributed by atoms with E-state index < -0.39 is 15.9 Å². The number of aromatic nitrogens is 1. The zero-order valence-corrected chi connectivity index (χ0v) is 17.7. The normalized spacial score (nSPS) is 17.7. The SMILES string of the molecule is CCOc1ccc(S(=O)(=O)N2CCC[C@H](C(=O)NCc3cccnc3)C2)cc1Cl. The summed E-state index contributed by atoms with van der Waals surface area (Å²) in [6.45, 7) is 3.15. The van der Waals surface area contributed by atoms with E-state index in [0.29, 0.717) is 38.3 Å². The minimum Gasteiger partial charge on any atom is -0.492 e. The van der Waals surface area contributed by atoms with Gasteiger partial charge in [-0.15, -0.1) is 0 Å². The standard InChI is InChI=1S/C20H24ClN3O4S/c1-2-28-19-8-7-17(11-18(19)21)29(26,27)24-10-4-6-16(14-24)20(25)23-13-15-5-3-9-22-12-15/h3,5,7-9,11-12,16H,2,4,6,10,13-14H2,1H3,(H,23,25)/t16-/m0/s1. The van der Waals surface area contributed by atoms with Gasteiger partial charge in [-0.05, 0) is 49.6 Å². The maximum Gasteiger partial charge on any atom is 0.243 e. The Kier molecular flexibility index (Phi) is 7.10. The second-order valence-corrected chi connectivity index (χ2v) is 9.15. The third-order valence-corrected chi connectivity index (χ3v) is 6.94. The minimum absolute atomic E-state index is 0.0994. The molecule has 9 heteroatoms. The number of nitrogens with zero attached hydrogens (tertiary/aromatic N) is 2. The lowest BCUT2D eigenvalue weighted by atomic mass is 9.99. The number of piperidine rings is 1. The van der Waals surface area contributed by atoms with Crippen molar-refractivity contribution in [3.8, 4) is 5.75 Å². The van der Waals surface area contributed by atoms with Crippen LogP contribution in [-0.4, -0.2) is 43.3 Å². The average Bonchev–Trinajstić information content (AvgIpc) is 2.74. The molecule has 29 heavy (non-hydrogen) atoms. The van der Waals surface area contributed by atoms with E-state index in [4.69, 9.17) is 16.3 Å². The molecule has 3 rings (SSSR count). The second kappa shape index (κ2) is 9.56. The van der Waals surface area contributed by atoms with Gasteiger partial charge in [0.05, 0.1) is 22.4 Å². The molecule has 7 nitrogen and oxygen atoms in total. The molecule has 0 spiro atoms. The third kappa shape index (κ3) is 5.26. The minimum atomic E-state index is -3.75. The largest absolute Gasteiger partial charge is 0.492 e. The quantitative estimate of drug-likeness (QED) is 0.719. The molecule has 1 saturated heterocycles. The summed E-state index contributed by atoms with van der Waals surface area (Å²) in [7, 11) is -3.75. The molecule has 2 heterocycles. The summed E-state index contributed by atoms with van der Waals surface area (Å²) >= 11 is 6.15. The maximum absolute atomic E-state index is 13.0. The Morgan fingerprint density at radius 2 is 2.21 bits per heavy atom. The van der Waals surface area contributed by atoms with Crippen LogP contribution in [0.3, 0.4) is 0 Å². The van der Waals surface area contributed by atoms with E-state index in [1.165, 1.54) is 16.4 Å². The molecule has 0 saturated carbocycles. The lowest BCUT2D eigenvalue weighted by Gasteiger charge is -2.31. The molecular formula is C20H24ClN3O4S. The number of ether oxygens (including phenoxy) is 1. The number of benzene rings is 1. The Morgan fingerprint density at radius 1 is 1.38 bits per heavy atom. The van der Waals surface area contributed by atoms with E-state index in [2.05, 4.69) is 10.3 Å². The fraction of sp³-hybridized carbons (Fsp3) is 0.400. The molecule has 1 N–H and O–H groups in total. The monoisotopic (exact) mass is 437 g/mol. The van der Waals surface area contributed by atoms with Crippen molar-refractivity contribution in [2.75, 3.05) is 19.7 Å². The van der Waals surface area contributed by atoms with Gasteiger partial charge in [0.15, 0.2) is 0 Å². The summed E-state index contributed by atoms with van der Waals surface area (Å²) in [5.41, 5.74) is 0.894. The summed E-state index contributed by atoms with van der Waals surface area (Å²) in [6.07, 6.45) is 4.62. The van der Waals surface area contributed by atoms with Crippen molar-refractivity contribution in [3.63, 3.8) is 0 Å². The van der Waals surface area contributed by atoms with E-state index >= 15 is 0 Å². The highest BCUT2D eigenvalue weighted by molar-refractivity contribution is 7.89. The first-order valence-corrected chi connectivity index (χ1v) is 11.3. The van der Waals surface area contributed by atoms with Gasteiger partial charge in [-0.1, -0.05) is 17.7 Å². The summed E-state index contributed by atoms with van der Waals surface area (Å²) in [5, 5.41) is 3.12. The topological polar surface area (TPSA) is 88.6 Å². The molecule has 1 aromatic carbocycles. The molecule has 1 fully saturated rings. The predicted molar refractivity (Wildman–Crippen MR) is 110 cm³/mol. The van der Waals surface area contributed by atoms with Gasteiger partial charge >= 0.3 is 0 Å². The van der Waals surface area contributed by atoms with Crippen LogP contribution in [0.5, 0.6) is 5.75 Å². The molecule has 1 aromatic heterocycles. The van der Waals surface area contributed by atoms with E-state index in [0.717, 1.165) is 5.56 Å². The number of hydrogen-bond acceptors (Lipinski definition) is 5. The van der Waals surface area contributed by atoms with Crippen molar-refractivity contribution in [2.24, 2.45) is 5.92 Å². The molecule has 0 unspecified atom stereocenters. The average molecular weight is 438 g/mol. The first-order chi connectivity index (χ1) is 13.9. The van der Waals surface area contributed by atoms with Gasteiger partial charge in [-0.2, -0.15) is 4.31 Å². The van der Waals surface area contributed by atoms with Crippen LogP contribution < -0.4 is 10.1 Å². The van der Waals surface area contributed by atoms with Crippen molar-refractivity contribution in [1.82, 2.24) is 14.6 Å². The number of hydrogen-bond donors (Lipinski definition) is 1. The van der Waals surface area contributed by atoms with Crippen LogP contribution in [0.25, 0.3) is 0 Å². The number of sulfonamides is 1. The van der Waals surface area contributed by atoms with Crippen LogP contribution in [0.2, 0.25) is 5.02 Å². The van der Waals surface area contributed by atoms with Gasteiger partial charge in [0, 0.05) is 32.0 Å². The fourth-order valence-corrected chi connectivity index (χ4v) is 5.12. The van der Waals surface area contributed by atoms with E-state index in [9.17, 15) is 13.2 Å². The van der Waals surface area contributed by atoms with Crippen molar-refractivity contribution < 1.29 is 17.9 Å². The molecule has 0 bridgehead atoms. The highest BCUT2D eigenvalue weighted by atomic mass is 35.5. The Bertz CT molecular complexity index is 953. The number of rotatable bonds is 7. The van der Waals surface area contributed by atoms with Crippen molar-refractivity contribution in [2.45, 2.75) is 31.2 Å². The van der Waals surface area contributed by atoms with Gasteiger partial charge in [0.1, 0.15) is 5.75 Å². The first kappa shape index (κ1) is 21.5. The van der Waals surface area contributed by atoms with E-state index in [1.807, 2.05) is 13.0 Å². The number of halogens is 1. The molecule has 1 aliphatic rings. The molecule has 0 aliphatic carbocycles. The zero-order valence-electron chi connectivity index (χ0n) is 16.2. The first-order valence-electron chi connectivity index (χ1n) is 9.51. The van der Waals surface area contributed by atoms with Crippen LogP contribution in [0, 0.1) is 5.92 Å². The number of carbonyl (C=O) groups excluding carboxylic acids is 1. The Balaban J connectivity index is 1.67. The number of nitrogens with one attached hydrogen (secondary N) is 1. The highest BCUT2D eigenvalue weighted by Gasteiger charge is 2.33. The van der Waals surface area contributed by atoms with Crippen molar-refractivity contribution in [1.29, 1.82) is 0 Å². The third-order valence-electron chi connectivity index (χ3n) is 4.79. The molecule has 1 amide bonds.